The molecular weight excluding hydrogens is 673 g/mol. The van der Waals surface area contributed by atoms with Crippen LogP contribution < -0.4 is 0 Å². The molecule has 7 atom stereocenters. The Bertz CT molecular complexity index is 1300. The predicted molar refractivity (Wildman–Crippen MR) is 215 cm³/mol. The number of carbonyl (C=O) groups excluding carboxylic acids is 1. The molecule has 0 radical (unpaired) electrons. The van der Waals surface area contributed by atoms with Gasteiger partial charge in [-0.25, -0.2) is 4.79 Å². The minimum atomic E-state index is -2.28. The monoisotopic (exact) mass is 742 g/mol. The number of carbonyl (C=O) groups is 1. The molecule has 7 unspecified atom stereocenters. The van der Waals surface area contributed by atoms with Crippen molar-refractivity contribution in [2.45, 2.75) is 172 Å². The molecule has 2 bridgehead atoms. The van der Waals surface area contributed by atoms with Crippen molar-refractivity contribution in [2.24, 2.45) is 0 Å². The summed E-state index contributed by atoms with van der Waals surface area (Å²) >= 11 is 0. The minimum absolute atomic E-state index is 0.0370. The van der Waals surface area contributed by atoms with Gasteiger partial charge in [0.1, 0.15) is 18.3 Å². The van der Waals surface area contributed by atoms with E-state index in [2.05, 4.69) is 118 Å². The molecule has 0 saturated heterocycles. The fraction of sp³-hybridized carbons (Fsp3) is 0.690. The van der Waals surface area contributed by atoms with Crippen molar-refractivity contribution in [3.63, 3.8) is 0 Å². The third-order valence-electron chi connectivity index (χ3n) is 11.3. The number of ether oxygens (including phenoxy) is 4. The minimum Gasteiger partial charge on any atom is -0.456 e. The maximum atomic E-state index is 13.5. The van der Waals surface area contributed by atoms with E-state index in [0.29, 0.717) is 19.4 Å². The van der Waals surface area contributed by atoms with Crippen molar-refractivity contribution in [3.05, 3.63) is 72.4 Å². The summed E-state index contributed by atoms with van der Waals surface area (Å²) < 4.78 is 38.6. The van der Waals surface area contributed by atoms with Gasteiger partial charge in [0, 0.05) is 19.6 Å². The van der Waals surface area contributed by atoms with Crippen LogP contribution in [-0.4, -0.2) is 79.0 Å². The van der Waals surface area contributed by atoms with Crippen LogP contribution in [0.4, 0.5) is 0 Å². The van der Waals surface area contributed by atoms with Gasteiger partial charge in [-0.05, 0) is 81.7 Å². The Hall–Kier alpha value is -1.86. The Morgan fingerprint density at radius 2 is 1.67 bits per heavy atom. The second-order valence-corrected chi connectivity index (χ2v) is 27.2. The first-order chi connectivity index (χ1) is 23.7. The van der Waals surface area contributed by atoms with Crippen LogP contribution in [0.5, 0.6) is 0 Å². The van der Waals surface area contributed by atoms with Gasteiger partial charge in [-0.15, -0.1) is 0 Å². The van der Waals surface area contributed by atoms with Crippen LogP contribution in [0.15, 0.2) is 72.4 Å². The quantitative estimate of drug-likeness (QED) is 0.139. The molecule has 0 saturated carbocycles. The van der Waals surface area contributed by atoms with Crippen molar-refractivity contribution in [1.29, 1.82) is 0 Å². The summed E-state index contributed by atoms with van der Waals surface area (Å²) in [5, 5.41) is 0.0163. The van der Waals surface area contributed by atoms with E-state index in [0.717, 1.165) is 37.7 Å². The van der Waals surface area contributed by atoms with Crippen molar-refractivity contribution >= 4 is 22.6 Å². The highest BCUT2D eigenvalue weighted by Gasteiger charge is 2.41. The van der Waals surface area contributed by atoms with Crippen molar-refractivity contribution in [2.75, 3.05) is 13.7 Å². The van der Waals surface area contributed by atoms with Crippen LogP contribution >= 0.6 is 0 Å². The summed E-state index contributed by atoms with van der Waals surface area (Å²) in [5.41, 5.74) is 2.47. The summed E-state index contributed by atoms with van der Waals surface area (Å²) in [6.07, 6.45) is 21.9. The molecule has 3 rings (SSSR count). The average Bonchev–Trinajstić information content (AvgIpc) is 3.01. The normalized spacial score (nSPS) is 30.2. The Balaban J connectivity index is 2.02. The van der Waals surface area contributed by atoms with Gasteiger partial charge in [-0.1, -0.05) is 108 Å². The van der Waals surface area contributed by atoms with Crippen LogP contribution in [0.2, 0.25) is 36.3 Å². The van der Waals surface area contributed by atoms with Crippen LogP contribution in [0.3, 0.4) is 0 Å². The van der Waals surface area contributed by atoms with Gasteiger partial charge in [0.2, 0.25) is 0 Å². The molecule has 288 valence electrons. The number of esters is 1. The number of fused-ring (bicyclic) bond motifs is 2. The van der Waals surface area contributed by atoms with Gasteiger partial charge in [-0.3, -0.25) is 0 Å². The lowest BCUT2D eigenvalue weighted by Gasteiger charge is -2.40. The Morgan fingerprint density at radius 1 is 0.961 bits per heavy atom. The second-order valence-electron chi connectivity index (χ2n) is 17.7. The van der Waals surface area contributed by atoms with E-state index in [4.69, 9.17) is 27.8 Å². The molecular formula is C42H70O7Si2. The molecule has 7 nitrogen and oxygen atoms in total. The van der Waals surface area contributed by atoms with E-state index in [1.54, 1.807) is 7.11 Å². The smallest absolute Gasteiger partial charge is 0.330 e. The van der Waals surface area contributed by atoms with E-state index in [-0.39, 0.29) is 40.6 Å². The summed E-state index contributed by atoms with van der Waals surface area (Å²) in [7, 11) is -2.67. The highest BCUT2D eigenvalue weighted by molar-refractivity contribution is 6.74. The van der Waals surface area contributed by atoms with Gasteiger partial charge < -0.3 is 27.8 Å². The van der Waals surface area contributed by atoms with Crippen LogP contribution in [0, 0.1) is 0 Å². The van der Waals surface area contributed by atoms with Gasteiger partial charge in [0.15, 0.2) is 16.6 Å². The molecule has 0 spiro atoms. The lowest BCUT2D eigenvalue weighted by Crippen LogP contribution is -2.47. The van der Waals surface area contributed by atoms with Gasteiger partial charge in [-0.2, -0.15) is 0 Å². The van der Waals surface area contributed by atoms with Crippen molar-refractivity contribution in [3.8, 4) is 0 Å². The largest absolute Gasteiger partial charge is 0.456 e. The molecule has 0 N–H and O–H groups in total. The Morgan fingerprint density at radius 3 is 2.31 bits per heavy atom. The van der Waals surface area contributed by atoms with E-state index >= 15 is 0 Å². The summed E-state index contributed by atoms with van der Waals surface area (Å²) in [5.74, 6) is -0.395. The van der Waals surface area contributed by atoms with Gasteiger partial charge in [0.25, 0.3) is 0 Å². The molecule has 0 aromatic carbocycles. The second kappa shape index (κ2) is 18.9. The molecule has 3 heterocycles. The van der Waals surface area contributed by atoms with Crippen LogP contribution in [-0.2, 0) is 32.6 Å². The highest BCUT2D eigenvalue weighted by Crippen LogP contribution is 2.40. The summed E-state index contributed by atoms with van der Waals surface area (Å²) in [6.45, 7) is 29.8. The van der Waals surface area contributed by atoms with E-state index < -0.39 is 34.8 Å². The third kappa shape index (κ3) is 13.8. The molecule has 51 heavy (non-hydrogen) atoms. The number of hydrogen-bond donors (Lipinski definition) is 0. The molecule has 0 aromatic heterocycles. The van der Waals surface area contributed by atoms with Crippen molar-refractivity contribution < 1.29 is 32.6 Å². The zero-order valence-corrected chi connectivity index (χ0v) is 36.0. The Kier molecular flexibility index (Phi) is 16.2. The standard InChI is InChI=1S/C42H70O7Si2/c1-31-17-14-20-37-36(44-9)25-23-33(46-37)18-16-22-40(43)47-38(21-15-19-35(30-31)48-50(10,11)41(3,4)5)39(49-51(12,13)42(6,7)8)26-24-34-29-32(2)27-28-45-34/h15-16,19,22-27,33-39H,1,14,17-18,20-21,28-30H2,2-13H3/b19-15+,22-16+,26-24?. The third-order valence-corrected chi connectivity index (χ3v) is 20.2. The first-order valence-corrected chi connectivity index (χ1v) is 24.9. The first kappa shape index (κ1) is 43.5. The number of rotatable bonds is 8. The molecule has 0 aromatic rings. The number of methoxy groups -OCH3 is 1. The molecule has 3 aliphatic rings. The molecule has 0 amide bonds. The zero-order valence-electron chi connectivity index (χ0n) is 34.0. The molecule has 0 aliphatic carbocycles. The maximum Gasteiger partial charge on any atom is 0.330 e. The van der Waals surface area contributed by atoms with E-state index in [1.807, 2.05) is 12.2 Å². The molecule has 3 aliphatic heterocycles. The van der Waals surface area contributed by atoms with Crippen LogP contribution in [0.25, 0.3) is 0 Å². The summed E-state index contributed by atoms with van der Waals surface area (Å²) in [6, 6.07) is 0. The van der Waals surface area contributed by atoms with Crippen molar-refractivity contribution in [1.82, 2.24) is 0 Å². The average molecular weight is 743 g/mol. The van der Waals surface area contributed by atoms with Gasteiger partial charge >= 0.3 is 5.97 Å². The lowest BCUT2D eigenvalue weighted by atomic mass is 9.98. The maximum absolute atomic E-state index is 13.5. The number of hydrogen-bond acceptors (Lipinski definition) is 7. The SMILES string of the molecule is C=C1CCCC2OC(C=CC2OC)C/C=C/C(=O)OC(C(C=CC2CC(C)=CCO2)O[Si](C)(C)C(C)(C)C)C/C=C/C(O[Si](C)(C)C(C)(C)C)C1. The van der Waals surface area contributed by atoms with Crippen LogP contribution in [0.1, 0.15) is 93.4 Å². The van der Waals surface area contributed by atoms with E-state index in [9.17, 15) is 4.79 Å². The molecule has 9 heteroatoms. The zero-order chi connectivity index (χ0) is 38.0. The summed E-state index contributed by atoms with van der Waals surface area (Å²) in [4.78, 5) is 13.5. The first-order valence-electron chi connectivity index (χ1n) is 19.1. The predicted octanol–water partition coefficient (Wildman–Crippen LogP) is 10.3. The fourth-order valence-electron chi connectivity index (χ4n) is 5.93. The highest BCUT2D eigenvalue weighted by atomic mass is 28.4. The Labute approximate surface area is 312 Å². The topological polar surface area (TPSA) is 72.5 Å². The van der Waals surface area contributed by atoms with E-state index in [1.165, 1.54) is 11.6 Å². The lowest BCUT2D eigenvalue weighted by molar-refractivity contribution is -0.146. The number of cyclic esters (lactones) is 1. The fourth-order valence-corrected chi connectivity index (χ4v) is 8.47. The molecule has 0 fully saturated rings. The van der Waals surface area contributed by atoms with Gasteiger partial charge in [0.05, 0.1) is 31.0 Å².